The molecule has 1 amide bonds. The van der Waals surface area contributed by atoms with E-state index in [-0.39, 0.29) is 6.04 Å². The van der Waals surface area contributed by atoms with Crippen LogP contribution >= 0.6 is 0 Å². The van der Waals surface area contributed by atoms with Gasteiger partial charge in [0.1, 0.15) is 6.04 Å². The molecule has 0 radical (unpaired) electrons. The van der Waals surface area contributed by atoms with Crippen molar-refractivity contribution in [1.29, 1.82) is 0 Å². The minimum absolute atomic E-state index is 0.272. The van der Waals surface area contributed by atoms with Crippen LogP contribution in [0, 0.1) is 13.8 Å². The molecule has 0 aliphatic heterocycles. The van der Waals surface area contributed by atoms with Gasteiger partial charge >= 0.3 is 0 Å². The first-order valence-electron chi connectivity index (χ1n) is 9.58. The van der Waals surface area contributed by atoms with Gasteiger partial charge in [-0.05, 0) is 56.5 Å². The van der Waals surface area contributed by atoms with Crippen molar-refractivity contribution in [3.05, 3.63) is 53.1 Å². The fourth-order valence-corrected chi connectivity index (χ4v) is 4.39. The Kier molecular flexibility index (Phi) is 7.36. The highest BCUT2D eigenvalue weighted by molar-refractivity contribution is 7.92. The van der Waals surface area contributed by atoms with E-state index in [9.17, 15) is 13.2 Å². The predicted molar refractivity (Wildman–Crippen MR) is 119 cm³/mol. The smallest absolute Gasteiger partial charge is 0.244 e. The van der Waals surface area contributed by atoms with Gasteiger partial charge in [-0.3, -0.25) is 9.10 Å². The number of ether oxygens (including phenoxy) is 2. The van der Waals surface area contributed by atoms with Crippen molar-refractivity contribution in [3.8, 4) is 11.5 Å². The van der Waals surface area contributed by atoms with Crippen LogP contribution in [0.3, 0.4) is 0 Å². The molecule has 0 bridgehead atoms. The molecule has 0 aliphatic carbocycles. The molecule has 2 rings (SSSR count). The lowest BCUT2D eigenvalue weighted by atomic mass is 10.0. The van der Waals surface area contributed by atoms with Crippen LogP contribution in [0.4, 0.5) is 5.69 Å². The van der Waals surface area contributed by atoms with Gasteiger partial charge in [0.25, 0.3) is 0 Å². The summed E-state index contributed by atoms with van der Waals surface area (Å²) in [6.07, 6.45) is 1.07. The van der Waals surface area contributed by atoms with Gasteiger partial charge in [0.15, 0.2) is 11.5 Å². The second-order valence-electron chi connectivity index (χ2n) is 7.35. The van der Waals surface area contributed by atoms with E-state index in [4.69, 9.17) is 9.47 Å². The van der Waals surface area contributed by atoms with E-state index in [0.717, 1.165) is 21.7 Å². The number of hydrogen-bond acceptors (Lipinski definition) is 5. The lowest BCUT2D eigenvalue weighted by Gasteiger charge is -2.29. The zero-order valence-electron chi connectivity index (χ0n) is 18.5. The Balaban J connectivity index is 2.32. The summed E-state index contributed by atoms with van der Waals surface area (Å²) in [5.41, 5.74) is 3.57. The van der Waals surface area contributed by atoms with E-state index in [1.807, 2.05) is 39.0 Å². The normalized spacial score (nSPS) is 13.3. The largest absolute Gasteiger partial charge is 0.493 e. The Morgan fingerprint density at radius 3 is 2.13 bits per heavy atom. The summed E-state index contributed by atoms with van der Waals surface area (Å²) in [5, 5.41) is 2.92. The molecule has 0 saturated carbocycles. The Bertz CT molecular complexity index is 1020. The fourth-order valence-electron chi connectivity index (χ4n) is 3.22. The van der Waals surface area contributed by atoms with Gasteiger partial charge < -0.3 is 14.8 Å². The molecule has 30 heavy (non-hydrogen) atoms. The second-order valence-corrected chi connectivity index (χ2v) is 9.21. The van der Waals surface area contributed by atoms with E-state index in [2.05, 4.69) is 5.32 Å². The Morgan fingerprint density at radius 2 is 1.60 bits per heavy atom. The number of methoxy groups -OCH3 is 2. The molecule has 0 saturated heterocycles. The highest BCUT2D eigenvalue weighted by Gasteiger charge is 2.30. The number of nitrogens with zero attached hydrogens (tertiary/aromatic N) is 1. The van der Waals surface area contributed by atoms with Gasteiger partial charge in [-0.25, -0.2) is 8.42 Å². The number of aryl methyl sites for hydroxylation is 2. The van der Waals surface area contributed by atoms with Crippen molar-refractivity contribution in [2.24, 2.45) is 0 Å². The number of amides is 1. The average molecular weight is 435 g/mol. The number of carbonyl (C=O) groups is 1. The molecule has 0 aromatic heterocycles. The predicted octanol–water partition coefficient (Wildman–Crippen LogP) is 3.35. The van der Waals surface area contributed by atoms with Crippen LogP contribution < -0.4 is 19.1 Å². The van der Waals surface area contributed by atoms with E-state index in [0.29, 0.717) is 17.2 Å². The molecule has 7 nitrogen and oxygen atoms in total. The molecular formula is C22H30N2O5S. The maximum Gasteiger partial charge on any atom is 0.244 e. The molecule has 1 N–H and O–H groups in total. The lowest BCUT2D eigenvalue weighted by Crippen LogP contribution is -2.48. The standard InChI is InChI=1S/C22H30N2O5S/c1-14-8-9-18(12-15(14)2)16(3)23-22(25)17(4)24(30(7,26)27)19-10-11-20(28-5)21(13-19)29-6/h8-13,16-17H,1-7H3,(H,23,25)/t16-,17-/m0/s1. The SMILES string of the molecule is COc1ccc(N([C@@H](C)C(=O)N[C@@H](C)c2ccc(C)c(C)c2)S(C)(=O)=O)cc1OC. The molecule has 2 aromatic carbocycles. The summed E-state index contributed by atoms with van der Waals surface area (Å²) in [6.45, 7) is 7.46. The number of nitrogens with one attached hydrogen (secondary N) is 1. The molecular weight excluding hydrogens is 404 g/mol. The van der Waals surface area contributed by atoms with Crippen molar-refractivity contribution in [2.75, 3.05) is 24.8 Å². The van der Waals surface area contributed by atoms with Crippen LogP contribution in [0.1, 0.15) is 36.6 Å². The highest BCUT2D eigenvalue weighted by atomic mass is 32.2. The Hall–Kier alpha value is -2.74. The third-order valence-electron chi connectivity index (χ3n) is 5.10. The van der Waals surface area contributed by atoms with E-state index in [1.54, 1.807) is 19.1 Å². The minimum atomic E-state index is -3.74. The van der Waals surface area contributed by atoms with Gasteiger partial charge in [0, 0.05) is 6.07 Å². The fraction of sp³-hybridized carbons (Fsp3) is 0.409. The van der Waals surface area contributed by atoms with Crippen LogP contribution in [0.2, 0.25) is 0 Å². The molecule has 0 heterocycles. The second kappa shape index (κ2) is 9.38. The molecule has 2 aromatic rings. The van der Waals surface area contributed by atoms with Crippen LogP contribution in [0.5, 0.6) is 11.5 Å². The molecule has 164 valence electrons. The van der Waals surface area contributed by atoms with Gasteiger partial charge in [-0.2, -0.15) is 0 Å². The topological polar surface area (TPSA) is 84.9 Å². The first-order valence-corrected chi connectivity index (χ1v) is 11.4. The van der Waals surface area contributed by atoms with E-state index >= 15 is 0 Å². The zero-order chi connectivity index (χ0) is 22.6. The van der Waals surface area contributed by atoms with Crippen molar-refractivity contribution in [2.45, 2.75) is 39.8 Å². The zero-order valence-corrected chi connectivity index (χ0v) is 19.3. The number of sulfonamides is 1. The summed E-state index contributed by atoms with van der Waals surface area (Å²) in [6, 6.07) is 9.47. The minimum Gasteiger partial charge on any atom is -0.493 e. The van der Waals surface area contributed by atoms with Crippen LogP contribution in [-0.2, 0) is 14.8 Å². The summed E-state index contributed by atoms with van der Waals surface area (Å²) in [7, 11) is -0.781. The monoisotopic (exact) mass is 434 g/mol. The number of carbonyl (C=O) groups excluding carboxylic acids is 1. The summed E-state index contributed by atoms with van der Waals surface area (Å²) in [4.78, 5) is 12.9. The number of hydrogen-bond donors (Lipinski definition) is 1. The van der Waals surface area contributed by atoms with Crippen LogP contribution in [0.15, 0.2) is 36.4 Å². The number of anilines is 1. The van der Waals surface area contributed by atoms with Crippen LogP contribution in [-0.4, -0.2) is 40.8 Å². The summed E-state index contributed by atoms with van der Waals surface area (Å²) in [5.74, 6) is 0.441. The van der Waals surface area contributed by atoms with Crippen molar-refractivity contribution >= 4 is 21.6 Å². The molecule has 8 heteroatoms. The third kappa shape index (κ3) is 5.24. The summed E-state index contributed by atoms with van der Waals surface area (Å²) < 4.78 is 36.7. The van der Waals surface area contributed by atoms with Crippen molar-refractivity contribution in [3.63, 3.8) is 0 Å². The highest BCUT2D eigenvalue weighted by Crippen LogP contribution is 2.33. The van der Waals surface area contributed by atoms with Gasteiger partial charge in [-0.15, -0.1) is 0 Å². The molecule has 2 atom stereocenters. The average Bonchev–Trinajstić information content (AvgIpc) is 2.68. The van der Waals surface area contributed by atoms with Crippen molar-refractivity contribution < 1.29 is 22.7 Å². The molecule has 0 aliphatic rings. The maximum absolute atomic E-state index is 12.9. The van der Waals surface area contributed by atoms with E-state index in [1.165, 1.54) is 25.8 Å². The van der Waals surface area contributed by atoms with Gasteiger partial charge in [0.05, 0.1) is 32.2 Å². The number of rotatable bonds is 8. The number of benzene rings is 2. The van der Waals surface area contributed by atoms with E-state index < -0.39 is 22.0 Å². The third-order valence-corrected chi connectivity index (χ3v) is 6.34. The molecule has 0 unspecified atom stereocenters. The molecule has 0 fully saturated rings. The molecule has 0 spiro atoms. The van der Waals surface area contributed by atoms with Crippen LogP contribution in [0.25, 0.3) is 0 Å². The Morgan fingerprint density at radius 1 is 0.967 bits per heavy atom. The quantitative estimate of drug-likeness (QED) is 0.689. The first-order chi connectivity index (χ1) is 14.0. The maximum atomic E-state index is 12.9. The van der Waals surface area contributed by atoms with Gasteiger partial charge in [0.2, 0.25) is 15.9 Å². The van der Waals surface area contributed by atoms with Crippen molar-refractivity contribution in [1.82, 2.24) is 5.32 Å². The van der Waals surface area contributed by atoms with Gasteiger partial charge in [-0.1, -0.05) is 18.2 Å². The summed E-state index contributed by atoms with van der Waals surface area (Å²) >= 11 is 0. The Labute approximate surface area is 179 Å². The first kappa shape index (κ1) is 23.5. The lowest BCUT2D eigenvalue weighted by molar-refractivity contribution is -0.122.